The number of hydrogen-bond acceptors (Lipinski definition) is 4. The van der Waals surface area contributed by atoms with Crippen molar-refractivity contribution in [2.75, 3.05) is 12.8 Å². The normalized spacial score (nSPS) is 10.8. The van der Waals surface area contributed by atoms with E-state index in [0.29, 0.717) is 17.0 Å². The second kappa shape index (κ2) is 4.98. The van der Waals surface area contributed by atoms with Gasteiger partial charge in [-0.3, -0.25) is 4.79 Å². The lowest BCUT2D eigenvalue weighted by atomic mass is 10.1. The molecule has 0 amide bonds. The fraction of sp³-hybridized carbons (Fsp3) is 0.118. The molecule has 0 aliphatic carbocycles. The largest absolute Gasteiger partial charge is 0.497 e. The van der Waals surface area contributed by atoms with Gasteiger partial charge in [-0.05, 0) is 30.7 Å². The lowest BCUT2D eigenvalue weighted by molar-refractivity contribution is 0.101. The van der Waals surface area contributed by atoms with E-state index >= 15 is 0 Å². The number of rotatable bonds is 3. The van der Waals surface area contributed by atoms with Crippen LogP contribution in [0.1, 0.15) is 21.7 Å². The molecule has 0 saturated carbocycles. The molecule has 1 heterocycles. The molecule has 0 saturated heterocycles. The molecule has 0 radical (unpaired) electrons. The molecule has 3 rings (SSSR count). The average Bonchev–Trinajstić information content (AvgIpc) is 2.92. The summed E-state index contributed by atoms with van der Waals surface area (Å²) in [6, 6.07) is 12.5. The van der Waals surface area contributed by atoms with E-state index in [9.17, 15) is 4.79 Å². The van der Waals surface area contributed by atoms with E-state index in [1.165, 1.54) is 0 Å². The van der Waals surface area contributed by atoms with Gasteiger partial charge in [-0.25, -0.2) is 0 Å². The summed E-state index contributed by atoms with van der Waals surface area (Å²) in [5.74, 6) is 0.673. The van der Waals surface area contributed by atoms with E-state index in [-0.39, 0.29) is 11.5 Å². The Labute approximate surface area is 122 Å². The molecule has 0 atom stereocenters. The maximum Gasteiger partial charge on any atom is 0.230 e. The molecule has 2 aromatic carbocycles. The van der Waals surface area contributed by atoms with Crippen LogP contribution in [-0.4, -0.2) is 12.9 Å². The number of methoxy groups -OCH3 is 1. The van der Waals surface area contributed by atoms with Gasteiger partial charge < -0.3 is 14.9 Å². The quantitative estimate of drug-likeness (QED) is 0.589. The van der Waals surface area contributed by atoms with Crippen LogP contribution in [0.3, 0.4) is 0 Å². The Morgan fingerprint density at radius 2 is 2.00 bits per heavy atom. The maximum absolute atomic E-state index is 12.5. The highest BCUT2D eigenvalue weighted by atomic mass is 16.5. The molecule has 0 aliphatic heterocycles. The van der Waals surface area contributed by atoms with Crippen LogP contribution in [0.2, 0.25) is 0 Å². The van der Waals surface area contributed by atoms with Crippen molar-refractivity contribution in [1.82, 2.24) is 0 Å². The van der Waals surface area contributed by atoms with Gasteiger partial charge in [-0.2, -0.15) is 0 Å². The second-order valence-corrected chi connectivity index (χ2v) is 4.89. The van der Waals surface area contributed by atoms with Crippen molar-refractivity contribution < 1.29 is 13.9 Å². The molecule has 0 spiro atoms. The molecule has 0 bridgehead atoms. The summed E-state index contributed by atoms with van der Waals surface area (Å²) in [7, 11) is 1.55. The van der Waals surface area contributed by atoms with Gasteiger partial charge in [0.2, 0.25) is 5.78 Å². The summed E-state index contributed by atoms with van der Waals surface area (Å²) in [6.07, 6.45) is 0. The first-order chi connectivity index (χ1) is 10.1. The minimum absolute atomic E-state index is 0.231. The fourth-order valence-electron chi connectivity index (χ4n) is 2.33. The number of anilines is 1. The number of ether oxygens (including phenoxy) is 1. The summed E-state index contributed by atoms with van der Waals surface area (Å²) in [4.78, 5) is 12.5. The Hall–Kier alpha value is -2.75. The summed E-state index contributed by atoms with van der Waals surface area (Å²) < 4.78 is 10.8. The summed E-state index contributed by atoms with van der Waals surface area (Å²) in [5.41, 5.74) is 8.42. The van der Waals surface area contributed by atoms with Gasteiger partial charge in [0.25, 0.3) is 0 Å². The number of furan rings is 1. The van der Waals surface area contributed by atoms with Gasteiger partial charge in [0.05, 0.1) is 7.11 Å². The van der Waals surface area contributed by atoms with Crippen LogP contribution >= 0.6 is 0 Å². The van der Waals surface area contributed by atoms with E-state index in [2.05, 4.69) is 0 Å². The molecule has 0 aliphatic rings. The smallest absolute Gasteiger partial charge is 0.230 e. The third-order valence-corrected chi connectivity index (χ3v) is 3.47. The molecule has 2 N–H and O–H groups in total. The van der Waals surface area contributed by atoms with Crippen molar-refractivity contribution in [2.45, 2.75) is 6.92 Å². The lowest BCUT2D eigenvalue weighted by Crippen LogP contribution is -2.04. The molecule has 21 heavy (non-hydrogen) atoms. The van der Waals surface area contributed by atoms with E-state index in [1.54, 1.807) is 31.4 Å². The van der Waals surface area contributed by atoms with Crippen LogP contribution in [0.15, 0.2) is 46.9 Å². The average molecular weight is 281 g/mol. The van der Waals surface area contributed by atoms with Crippen LogP contribution in [0.25, 0.3) is 11.0 Å². The van der Waals surface area contributed by atoms with Gasteiger partial charge in [0.15, 0.2) is 5.76 Å². The predicted molar refractivity (Wildman–Crippen MR) is 81.8 cm³/mol. The first kappa shape index (κ1) is 13.2. The van der Waals surface area contributed by atoms with Crippen LogP contribution < -0.4 is 10.5 Å². The van der Waals surface area contributed by atoms with Crippen molar-refractivity contribution in [3.8, 4) is 5.75 Å². The van der Waals surface area contributed by atoms with Crippen LogP contribution in [0.5, 0.6) is 5.75 Å². The topological polar surface area (TPSA) is 65.5 Å². The number of carbonyl (C=O) groups excluding carboxylic acids is 1. The second-order valence-electron chi connectivity index (χ2n) is 4.89. The molecule has 3 aromatic rings. The van der Waals surface area contributed by atoms with Gasteiger partial charge in [-0.1, -0.05) is 18.2 Å². The van der Waals surface area contributed by atoms with Crippen LogP contribution in [0.4, 0.5) is 5.69 Å². The van der Waals surface area contributed by atoms with Crippen molar-refractivity contribution in [3.05, 3.63) is 59.4 Å². The zero-order valence-corrected chi connectivity index (χ0v) is 11.8. The zero-order valence-electron chi connectivity index (χ0n) is 11.8. The molecule has 4 heteroatoms. The van der Waals surface area contributed by atoms with Gasteiger partial charge in [-0.15, -0.1) is 0 Å². The Morgan fingerprint density at radius 3 is 2.67 bits per heavy atom. The first-order valence-electron chi connectivity index (χ1n) is 6.57. The first-order valence-corrected chi connectivity index (χ1v) is 6.57. The number of carbonyl (C=O) groups is 1. The highest BCUT2D eigenvalue weighted by molar-refractivity contribution is 6.12. The van der Waals surface area contributed by atoms with Crippen LogP contribution in [-0.2, 0) is 0 Å². The number of benzene rings is 2. The molecular weight excluding hydrogens is 266 g/mol. The van der Waals surface area contributed by atoms with Crippen molar-refractivity contribution in [3.63, 3.8) is 0 Å². The minimum Gasteiger partial charge on any atom is -0.497 e. The number of hydrogen-bond donors (Lipinski definition) is 1. The monoisotopic (exact) mass is 281 g/mol. The van der Waals surface area contributed by atoms with Gasteiger partial charge in [0.1, 0.15) is 11.3 Å². The standard InChI is InChI=1S/C17H15NO3/c1-10-4-3-5-11-8-15(21-17(10)11)16(19)13-7-6-12(20-2)9-14(13)18/h3-9H,18H2,1-2H3. The number of aryl methyl sites for hydroxylation is 1. The van der Waals surface area contributed by atoms with Gasteiger partial charge >= 0.3 is 0 Å². The number of nitrogens with two attached hydrogens (primary N) is 1. The lowest BCUT2D eigenvalue weighted by Gasteiger charge is -2.05. The van der Waals surface area contributed by atoms with Crippen LogP contribution in [0, 0.1) is 6.92 Å². The molecule has 4 nitrogen and oxygen atoms in total. The van der Waals surface area contributed by atoms with Gasteiger partial charge in [0, 0.05) is 22.7 Å². The number of ketones is 1. The van der Waals surface area contributed by atoms with Crippen molar-refractivity contribution in [2.24, 2.45) is 0 Å². The Balaban J connectivity index is 2.06. The fourth-order valence-corrected chi connectivity index (χ4v) is 2.33. The number of nitrogen functional groups attached to an aromatic ring is 1. The highest BCUT2D eigenvalue weighted by Crippen LogP contribution is 2.27. The predicted octanol–water partition coefficient (Wildman–Crippen LogP) is 3.56. The summed E-state index contributed by atoms with van der Waals surface area (Å²) in [6.45, 7) is 1.95. The molecule has 1 aromatic heterocycles. The SMILES string of the molecule is COc1ccc(C(=O)c2cc3cccc(C)c3o2)c(N)c1. The minimum atomic E-state index is -0.231. The van der Waals surface area contributed by atoms with E-state index < -0.39 is 0 Å². The summed E-state index contributed by atoms with van der Waals surface area (Å²) >= 11 is 0. The maximum atomic E-state index is 12.5. The van der Waals surface area contributed by atoms with E-state index in [4.69, 9.17) is 14.9 Å². The highest BCUT2D eigenvalue weighted by Gasteiger charge is 2.18. The Morgan fingerprint density at radius 1 is 1.19 bits per heavy atom. The Bertz CT molecular complexity index is 833. The molecule has 0 unspecified atom stereocenters. The zero-order chi connectivity index (χ0) is 15.0. The molecule has 0 fully saturated rings. The molecule has 106 valence electrons. The summed E-state index contributed by atoms with van der Waals surface area (Å²) in [5, 5.41) is 0.908. The third-order valence-electron chi connectivity index (χ3n) is 3.47. The van der Waals surface area contributed by atoms with Crippen molar-refractivity contribution >= 4 is 22.4 Å². The molecular formula is C17H15NO3. The Kier molecular flexibility index (Phi) is 3.14. The van der Waals surface area contributed by atoms with E-state index in [0.717, 1.165) is 16.5 Å². The number of fused-ring (bicyclic) bond motifs is 1. The van der Waals surface area contributed by atoms with E-state index in [1.807, 2.05) is 25.1 Å². The third kappa shape index (κ3) is 2.25. The number of para-hydroxylation sites is 1. The van der Waals surface area contributed by atoms with Crippen molar-refractivity contribution in [1.29, 1.82) is 0 Å².